The zero-order valence-electron chi connectivity index (χ0n) is 16.8. The predicted molar refractivity (Wildman–Crippen MR) is 106 cm³/mol. The number of aliphatic hydroxyl groups excluding tert-OH is 1. The van der Waals surface area contributed by atoms with Gasteiger partial charge in [-0.25, -0.2) is 0 Å². The highest BCUT2D eigenvalue weighted by atomic mass is 16.3. The van der Waals surface area contributed by atoms with Crippen LogP contribution in [0.4, 0.5) is 0 Å². The molecule has 2 amide bonds. The Morgan fingerprint density at radius 3 is 2.30 bits per heavy atom. The molecule has 2 aliphatic rings. The molecule has 2 heterocycles. The smallest absolute Gasteiger partial charge is 0.253 e. The maximum atomic E-state index is 12.9. The molecule has 0 saturated carbocycles. The van der Waals surface area contributed by atoms with Crippen LogP contribution in [0, 0.1) is 5.41 Å². The lowest BCUT2D eigenvalue weighted by atomic mass is 9.72. The first-order valence-corrected chi connectivity index (χ1v) is 10.0. The van der Waals surface area contributed by atoms with Crippen LogP contribution in [0.1, 0.15) is 62.4 Å². The average Bonchev–Trinajstić information content (AvgIpc) is 2.65. The molecular weight excluding hydrogens is 340 g/mol. The number of piperidine rings is 2. The van der Waals surface area contributed by atoms with Crippen LogP contribution in [-0.4, -0.2) is 59.5 Å². The molecule has 5 heteroatoms. The van der Waals surface area contributed by atoms with Gasteiger partial charge in [0.15, 0.2) is 0 Å². The number of amides is 2. The molecule has 148 valence electrons. The van der Waals surface area contributed by atoms with Crippen LogP contribution >= 0.6 is 0 Å². The molecule has 1 spiro atoms. The van der Waals surface area contributed by atoms with Crippen molar-refractivity contribution in [1.82, 2.24) is 9.80 Å². The fourth-order valence-electron chi connectivity index (χ4n) is 4.31. The Morgan fingerprint density at radius 2 is 1.74 bits per heavy atom. The first-order chi connectivity index (χ1) is 12.7. The zero-order chi connectivity index (χ0) is 19.7. The van der Waals surface area contributed by atoms with Gasteiger partial charge >= 0.3 is 0 Å². The van der Waals surface area contributed by atoms with Crippen molar-refractivity contribution in [3.8, 4) is 0 Å². The van der Waals surface area contributed by atoms with E-state index in [1.54, 1.807) is 4.90 Å². The molecule has 5 nitrogen and oxygen atoms in total. The lowest BCUT2D eigenvalue weighted by Crippen LogP contribution is -2.52. The SMILES string of the molecule is CC(C)(C)c1ccc(C(=O)N2CCC3(CCC(=O)N(CCO)C3)CC2)cc1. The van der Waals surface area contributed by atoms with Crippen molar-refractivity contribution in [3.05, 3.63) is 35.4 Å². The van der Waals surface area contributed by atoms with Crippen LogP contribution in [-0.2, 0) is 10.2 Å². The van der Waals surface area contributed by atoms with Gasteiger partial charge in [0.25, 0.3) is 5.91 Å². The number of nitrogens with zero attached hydrogens (tertiary/aromatic N) is 2. The number of β-amino-alcohol motifs (C(OH)–C–C–N with tert-alkyl or cyclic N) is 1. The molecule has 27 heavy (non-hydrogen) atoms. The summed E-state index contributed by atoms with van der Waals surface area (Å²) >= 11 is 0. The summed E-state index contributed by atoms with van der Waals surface area (Å²) in [6, 6.07) is 7.99. The third-order valence-corrected chi connectivity index (χ3v) is 6.23. The van der Waals surface area contributed by atoms with E-state index in [1.807, 2.05) is 17.0 Å². The predicted octanol–water partition coefficient (Wildman–Crippen LogP) is 2.82. The second kappa shape index (κ2) is 7.63. The zero-order valence-corrected chi connectivity index (χ0v) is 16.8. The number of hydrogen-bond acceptors (Lipinski definition) is 3. The molecule has 2 fully saturated rings. The summed E-state index contributed by atoms with van der Waals surface area (Å²) in [5, 5.41) is 9.19. The minimum absolute atomic E-state index is 0.0109. The Kier molecular flexibility index (Phi) is 5.61. The first kappa shape index (κ1) is 19.9. The van der Waals surface area contributed by atoms with Crippen molar-refractivity contribution in [2.24, 2.45) is 5.41 Å². The van der Waals surface area contributed by atoms with Crippen molar-refractivity contribution in [2.45, 2.75) is 51.9 Å². The van der Waals surface area contributed by atoms with E-state index >= 15 is 0 Å². The Balaban J connectivity index is 1.62. The topological polar surface area (TPSA) is 60.9 Å². The molecule has 1 aromatic rings. The van der Waals surface area contributed by atoms with Crippen LogP contribution in [0.15, 0.2) is 24.3 Å². The highest BCUT2D eigenvalue weighted by Crippen LogP contribution is 2.40. The molecule has 3 rings (SSSR count). The van der Waals surface area contributed by atoms with Crippen molar-refractivity contribution in [1.29, 1.82) is 0 Å². The number of benzene rings is 1. The third-order valence-electron chi connectivity index (χ3n) is 6.23. The van der Waals surface area contributed by atoms with Crippen molar-refractivity contribution >= 4 is 11.8 Å². The summed E-state index contributed by atoms with van der Waals surface area (Å²) in [5.74, 6) is 0.247. The summed E-state index contributed by atoms with van der Waals surface area (Å²) in [5.41, 5.74) is 2.17. The maximum absolute atomic E-state index is 12.9. The Bertz CT molecular complexity index is 683. The lowest BCUT2D eigenvalue weighted by Gasteiger charge is -2.47. The highest BCUT2D eigenvalue weighted by Gasteiger charge is 2.41. The van der Waals surface area contributed by atoms with Crippen LogP contribution < -0.4 is 0 Å². The minimum Gasteiger partial charge on any atom is -0.395 e. The van der Waals surface area contributed by atoms with Gasteiger partial charge in [-0.15, -0.1) is 0 Å². The number of carbonyl (C=O) groups is 2. The Hall–Kier alpha value is -1.88. The fraction of sp³-hybridized carbons (Fsp3) is 0.636. The highest BCUT2D eigenvalue weighted by molar-refractivity contribution is 5.94. The molecule has 0 atom stereocenters. The quantitative estimate of drug-likeness (QED) is 0.887. The summed E-state index contributed by atoms with van der Waals surface area (Å²) in [7, 11) is 0. The van der Waals surface area contributed by atoms with E-state index in [0.29, 0.717) is 19.5 Å². The number of rotatable bonds is 3. The largest absolute Gasteiger partial charge is 0.395 e. The molecule has 0 aliphatic carbocycles. The van der Waals surface area contributed by atoms with E-state index in [4.69, 9.17) is 0 Å². The molecule has 2 aliphatic heterocycles. The van der Waals surface area contributed by atoms with Crippen LogP contribution in [0.2, 0.25) is 0 Å². The van der Waals surface area contributed by atoms with E-state index in [9.17, 15) is 14.7 Å². The van der Waals surface area contributed by atoms with Crippen LogP contribution in [0.5, 0.6) is 0 Å². The standard InChI is InChI=1S/C22H32N2O3/c1-21(2,3)18-6-4-17(5-7-18)20(27)23-12-10-22(11-13-23)9-8-19(26)24(16-22)14-15-25/h4-7,25H,8-16H2,1-3H3. The summed E-state index contributed by atoms with van der Waals surface area (Å²) in [6.45, 7) is 9.13. The minimum atomic E-state index is 0.0109. The van der Waals surface area contributed by atoms with Crippen LogP contribution in [0.3, 0.4) is 0 Å². The summed E-state index contributed by atoms with van der Waals surface area (Å²) < 4.78 is 0. The first-order valence-electron chi connectivity index (χ1n) is 10.0. The number of likely N-dealkylation sites (tertiary alicyclic amines) is 2. The third kappa shape index (κ3) is 4.34. The molecule has 0 aromatic heterocycles. The van der Waals surface area contributed by atoms with Gasteiger partial charge in [0, 0.05) is 38.2 Å². The van der Waals surface area contributed by atoms with Gasteiger partial charge in [-0.05, 0) is 47.8 Å². The van der Waals surface area contributed by atoms with Crippen molar-refractivity contribution < 1.29 is 14.7 Å². The summed E-state index contributed by atoms with van der Waals surface area (Å²) in [4.78, 5) is 28.6. The number of hydrogen-bond donors (Lipinski definition) is 1. The van der Waals surface area contributed by atoms with Crippen molar-refractivity contribution in [2.75, 3.05) is 32.8 Å². The monoisotopic (exact) mass is 372 g/mol. The van der Waals surface area contributed by atoms with E-state index in [-0.39, 0.29) is 29.3 Å². The fourth-order valence-corrected chi connectivity index (χ4v) is 4.31. The van der Waals surface area contributed by atoms with Gasteiger partial charge in [0.2, 0.25) is 5.91 Å². The number of carbonyl (C=O) groups excluding carboxylic acids is 2. The van der Waals surface area contributed by atoms with E-state index in [0.717, 1.165) is 37.9 Å². The Morgan fingerprint density at radius 1 is 1.11 bits per heavy atom. The molecule has 1 aromatic carbocycles. The van der Waals surface area contributed by atoms with E-state index in [1.165, 1.54) is 5.56 Å². The maximum Gasteiger partial charge on any atom is 0.253 e. The van der Waals surface area contributed by atoms with Crippen LogP contribution in [0.25, 0.3) is 0 Å². The van der Waals surface area contributed by atoms with Gasteiger partial charge in [-0.2, -0.15) is 0 Å². The van der Waals surface area contributed by atoms with Gasteiger partial charge < -0.3 is 14.9 Å². The molecular formula is C22H32N2O3. The molecule has 1 N–H and O–H groups in total. The molecule has 0 bridgehead atoms. The average molecular weight is 373 g/mol. The number of aliphatic hydroxyl groups is 1. The summed E-state index contributed by atoms with van der Waals surface area (Å²) in [6.07, 6.45) is 3.31. The normalized spacial score (nSPS) is 20.2. The lowest BCUT2D eigenvalue weighted by molar-refractivity contribution is -0.139. The molecule has 0 radical (unpaired) electrons. The van der Waals surface area contributed by atoms with Gasteiger partial charge in [0.1, 0.15) is 0 Å². The van der Waals surface area contributed by atoms with Gasteiger partial charge in [-0.1, -0.05) is 32.9 Å². The Labute approximate surface area is 162 Å². The van der Waals surface area contributed by atoms with Crippen molar-refractivity contribution in [3.63, 3.8) is 0 Å². The molecule has 2 saturated heterocycles. The van der Waals surface area contributed by atoms with Gasteiger partial charge in [-0.3, -0.25) is 9.59 Å². The second-order valence-electron chi connectivity index (χ2n) is 9.16. The second-order valence-corrected chi connectivity index (χ2v) is 9.16. The van der Waals surface area contributed by atoms with E-state index in [2.05, 4.69) is 32.9 Å². The molecule has 0 unspecified atom stereocenters. The van der Waals surface area contributed by atoms with Gasteiger partial charge in [0.05, 0.1) is 6.61 Å². The van der Waals surface area contributed by atoms with E-state index < -0.39 is 0 Å².